The van der Waals surface area contributed by atoms with E-state index in [9.17, 15) is 14.9 Å². The first-order valence-corrected chi connectivity index (χ1v) is 7.33. The van der Waals surface area contributed by atoms with Gasteiger partial charge in [0.25, 0.3) is 11.6 Å². The number of amides is 1. The Hall–Kier alpha value is -2.23. The molecule has 114 valence electrons. The third-order valence-electron chi connectivity index (χ3n) is 2.72. The first-order chi connectivity index (χ1) is 10.5. The summed E-state index contributed by atoms with van der Waals surface area (Å²) < 4.78 is 6.26. The fraction of sp³-hybridized carbons (Fsp3) is 0.143. The van der Waals surface area contributed by atoms with Crippen LogP contribution in [0.5, 0.6) is 5.75 Å². The number of hydrogen-bond acceptors (Lipinski definition) is 5. The zero-order chi connectivity index (χ0) is 16.1. The molecule has 1 aromatic carbocycles. The Morgan fingerprint density at radius 2 is 2.09 bits per heavy atom. The summed E-state index contributed by atoms with van der Waals surface area (Å²) in [6.45, 7) is 1.65. The number of anilines is 1. The van der Waals surface area contributed by atoms with E-state index in [2.05, 4.69) is 32.9 Å². The number of rotatable bonds is 5. The monoisotopic (exact) mass is 413 g/mol. The fourth-order valence-electron chi connectivity index (χ4n) is 1.65. The van der Waals surface area contributed by atoms with Crippen LogP contribution in [0.3, 0.4) is 0 Å². The van der Waals surface area contributed by atoms with Gasteiger partial charge in [-0.1, -0.05) is 0 Å². The normalized spacial score (nSPS) is 10.1. The van der Waals surface area contributed by atoms with E-state index < -0.39 is 4.92 Å². The van der Waals surface area contributed by atoms with Crippen molar-refractivity contribution in [2.75, 3.05) is 11.9 Å². The standard InChI is InChI=1S/C14H12IN3O4/c1-9-6-10(15)7-16-14(9)17-13(19)8-22-12-4-2-11(3-5-12)18(20)21/h2-7H,8H2,1H3,(H,16,17,19). The van der Waals surface area contributed by atoms with Crippen molar-refractivity contribution in [3.8, 4) is 5.75 Å². The Morgan fingerprint density at radius 1 is 1.41 bits per heavy atom. The summed E-state index contributed by atoms with van der Waals surface area (Å²) >= 11 is 2.14. The summed E-state index contributed by atoms with van der Waals surface area (Å²) in [5.41, 5.74) is 0.825. The molecule has 7 nitrogen and oxygen atoms in total. The lowest BCUT2D eigenvalue weighted by atomic mass is 10.3. The second kappa shape index (κ2) is 7.16. The molecular weight excluding hydrogens is 401 g/mol. The van der Waals surface area contributed by atoms with Gasteiger partial charge in [-0.25, -0.2) is 4.98 Å². The van der Waals surface area contributed by atoms with E-state index in [0.29, 0.717) is 11.6 Å². The van der Waals surface area contributed by atoms with Gasteiger partial charge < -0.3 is 10.1 Å². The van der Waals surface area contributed by atoms with Crippen LogP contribution < -0.4 is 10.1 Å². The molecule has 1 aromatic heterocycles. The lowest BCUT2D eigenvalue weighted by Gasteiger charge is -2.09. The van der Waals surface area contributed by atoms with Crippen LogP contribution in [0, 0.1) is 20.6 Å². The van der Waals surface area contributed by atoms with Crippen LogP contribution in [-0.2, 0) is 4.79 Å². The van der Waals surface area contributed by atoms with E-state index in [4.69, 9.17) is 4.74 Å². The predicted molar refractivity (Wildman–Crippen MR) is 88.9 cm³/mol. The molecule has 0 radical (unpaired) electrons. The lowest BCUT2D eigenvalue weighted by molar-refractivity contribution is -0.384. The number of ether oxygens (including phenoxy) is 1. The van der Waals surface area contributed by atoms with Crippen LogP contribution in [0.25, 0.3) is 0 Å². The highest BCUT2D eigenvalue weighted by Gasteiger charge is 2.09. The van der Waals surface area contributed by atoms with Gasteiger partial charge in [-0.15, -0.1) is 0 Å². The number of non-ortho nitro benzene ring substituents is 1. The molecular formula is C14H12IN3O4. The van der Waals surface area contributed by atoms with Gasteiger partial charge in [0.1, 0.15) is 11.6 Å². The minimum Gasteiger partial charge on any atom is -0.484 e. The number of pyridine rings is 1. The number of carbonyl (C=O) groups is 1. The van der Waals surface area contributed by atoms with E-state index in [1.165, 1.54) is 24.3 Å². The lowest BCUT2D eigenvalue weighted by Crippen LogP contribution is -2.21. The number of hydrogen-bond donors (Lipinski definition) is 1. The van der Waals surface area contributed by atoms with Gasteiger partial charge in [0, 0.05) is 21.9 Å². The molecule has 0 unspecified atom stereocenters. The molecule has 0 atom stereocenters. The number of aryl methyl sites for hydroxylation is 1. The van der Waals surface area contributed by atoms with Gasteiger partial charge in [-0.2, -0.15) is 0 Å². The quantitative estimate of drug-likeness (QED) is 0.462. The highest BCUT2D eigenvalue weighted by Crippen LogP contribution is 2.17. The number of carbonyl (C=O) groups excluding carboxylic acids is 1. The molecule has 1 amide bonds. The first-order valence-electron chi connectivity index (χ1n) is 6.25. The molecule has 22 heavy (non-hydrogen) atoms. The molecule has 0 aliphatic heterocycles. The van der Waals surface area contributed by atoms with Gasteiger partial charge >= 0.3 is 0 Å². The second-order valence-electron chi connectivity index (χ2n) is 4.41. The topological polar surface area (TPSA) is 94.4 Å². The number of nitrogens with one attached hydrogen (secondary N) is 1. The van der Waals surface area contributed by atoms with Gasteiger partial charge in [-0.3, -0.25) is 14.9 Å². The van der Waals surface area contributed by atoms with E-state index in [0.717, 1.165) is 9.13 Å². The summed E-state index contributed by atoms with van der Waals surface area (Å²) in [4.78, 5) is 26.0. The SMILES string of the molecule is Cc1cc(I)cnc1NC(=O)COc1ccc([N+](=O)[O-])cc1. The van der Waals surface area contributed by atoms with Crippen LogP contribution in [-0.4, -0.2) is 22.4 Å². The minimum atomic E-state index is -0.498. The average Bonchev–Trinajstić information content (AvgIpc) is 2.48. The first kappa shape index (κ1) is 16.1. The number of benzene rings is 1. The number of nitro groups is 1. The van der Waals surface area contributed by atoms with Gasteiger partial charge in [0.15, 0.2) is 6.61 Å². The van der Waals surface area contributed by atoms with Gasteiger partial charge in [0.05, 0.1) is 4.92 Å². The Balaban J connectivity index is 1.91. The second-order valence-corrected chi connectivity index (χ2v) is 5.65. The van der Waals surface area contributed by atoms with Crippen LogP contribution in [0.4, 0.5) is 11.5 Å². The van der Waals surface area contributed by atoms with Crippen LogP contribution in [0.2, 0.25) is 0 Å². The summed E-state index contributed by atoms with van der Waals surface area (Å²) in [6.07, 6.45) is 1.65. The number of aromatic nitrogens is 1. The van der Waals surface area contributed by atoms with E-state index in [1.54, 1.807) is 6.20 Å². The Labute approximate surface area is 140 Å². The maximum atomic E-state index is 11.8. The molecule has 2 rings (SSSR count). The van der Waals surface area contributed by atoms with E-state index in [-0.39, 0.29) is 18.2 Å². The van der Waals surface area contributed by atoms with Crippen LogP contribution in [0.1, 0.15) is 5.56 Å². The third-order valence-corrected chi connectivity index (χ3v) is 3.31. The minimum absolute atomic E-state index is 0.0319. The van der Waals surface area contributed by atoms with Crippen molar-refractivity contribution in [3.63, 3.8) is 0 Å². The predicted octanol–water partition coefficient (Wildman–Crippen LogP) is 2.92. The molecule has 1 N–H and O–H groups in total. The molecule has 8 heteroatoms. The molecule has 1 heterocycles. The molecule has 0 bridgehead atoms. The van der Waals surface area contributed by atoms with Crippen molar-refractivity contribution < 1.29 is 14.5 Å². The van der Waals surface area contributed by atoms with E-state index >= 15 is 0 Å². The van der Waals surface area contributed by atoms with Crippen molar-refractivity contribution in [1.29, 1.82) is 0 Å². The molecule has 0 aliphatic carbocycles. The van der Waals surface area contributed by atoms with Crippen LogP contribution in [0.15, 0.2) is 36.5 Å². The molecule has 0 fully saturated rings. The van der Waals surface area contributed by atoms with Crippen LogP contribution >= 0.6 is 22.6 Å². The molecule has 0 saturated carbocycles. The van der Waals surface area contributed by atoms with Crippen molar-refractivity contribution in [2.24, 2.45) is 0 Å². The molecule has 0 saturated heterocycles. The number of halogens is 1. The summed E-state index contributed by atoms with van der Waals surface area (Å²) in [7, 11) is 0. The Morgan fingerprint density at radius 3 is 2.68 bits per heavy atom. The van der Waals surface area contributed by atoms with Crippen molar-refractivity contribution >= 4 is 40.0 Å². The Kier molecular flexibility index (Phi) is 5.26. The highest BCUT2D eigenvalue weighted by atomic mass is 127. The average molecular weight is 413 g/mol. The Bertz CT molecular complexity index is 704. The fourth-order valence-corrected chi connectivity index (χ4v) is 2.26. The molecule has 0 aliphatic rings. The number of nitrogens with zero attached hydrogens (tertiary/aromatic N) is 2. The number of nitro benzene ring substituents is 1. The summed E-state index contributed by atoms with van der Waals surface area (Å²) in [5.74, 6) is 0.515. The molecule has 2 aromatic rings. The summed E-state index contributed by atoms with van der Waals surface area (Å²) in [6, 6.07) is 7.43. The maximum absolute atomic E-state index is 11.8. The van der Waals surface area contributed by atoms with Gasteiger partial charge in [0.2, 0.25) is 0 Å². The van der Waals surface area contributed by atoms with Crippen molar-refractivity contribution in [3.05, 3.63) is 55.8 Å². The zero-order valence-corrected chi connectivity index (χ0v) is 13.7. The highest BCUT2D eigenvalue weighted by molar-refractivity contribution is 14.1. The van der Waals surface area contributed by atoms with Crippen molar-refractivity contribution in [2.45, 2.75) is 6.92 Å². The molecule has 0 spiro atoms. The van der Waals surface area contributed by atoms with Gasteiger partial charge in [-0.05, 0) is 53.3 Å². The summed E-state index contributed by atoms with van der Waals surface area (Å²) in [5, 5.41) is 13.2. The maximum Gasteiger partial charge on any atom is 0.269 e. The third kappa shape index (κ3) is 4.38. The largest absolute Gasteiger partial charge is 0.484 e. The zero-order valence-electron chi connectivity index (χ0n) is 11.6. The van der Waals surface area contributed by atoms with Crippen molar-refractivity contribution in [1.82, 2.24) is 4.98 Å². The van der Waals surface area contributed by atoms with E-state index in [1.807, 2.05) is 13.0 Å². The smallest absolute Gasteiger partial charge is 0.269 e.